The van der Waals surface area contributed by atoms with Crippen LogP contribution in [0.25, 0.3) is 22.3 Å². The molecule has 0 unspecified atom stereocenters. The largest absolute Gasteiger partial charge is 0.465 e. The van der Waals surface area contributed by atoms with Gasteiger partial charge in [0.05, 0.1) is 47.0 Å². The van der Waals surface area contributed by atoms with E-state index in [0.717, 1.165) is 0 Å². The zero-order valence-corrected chi connectivity index (χ0v) is 16.2. The van der Waals surface area contributed by atoms with Crippen LogP contribution in [0.2, 0.25) is 0 Å². The SMILES string of the molecule is COC(=O)c1cc(-c2ccc(F)cc2)nc2c1c(C)nn2[C@H]1CCS(=O)(=O)C1. The number of pyridine rings is 1. The van der Waals surface area contributed by atoms with Crippen LogP contribution in [-0.2, 0) is 14.6 Å². The van der Waals surface area contributed by atoms with Crippen molar-refractivity contribution in [1.82, 2.24) is 14.8 Å². The van der Waals surface area contributed by atoms with E-state index in [1.165, 1.54) is 19.2 Å². The molecule has 9 heteroatoms. The predicted molar refractivity (Wildman–Crippen MR) is 101 cm³/mol. The zero-order chi connectivity index (χ0) is 20.1. The predicted octanol–water partition coefficient (Wildman–Crippen LogP) is 2.69. The van der Waals surface area contributed by atoms with E-state index in [1.54, 1.807) is 29.8 Å². The Hall–Kier alpha value is -2.81. The molecule has 0 saturated carbocycles. The van der Waals surface area contributed by atoms with Gasteiger partial charge in [-0.25, -0.2) is 27.3 Å². The molecule has 28 heavy (non-hydrogen) atoms. The van der Waals surface area contributed by atoms with E-state index in [4.69, 9.17) is 4.74 Å². The number of rotatable bonds is 3. The summed E-state index contributed by atoms with van der Waals surface area (Å²) in [6, 6.07) is 7.00. The van der Waals surface area contributed by atoms with Crippen molar-refractivity contribution >= 4 is 26.8 Å². The van der Waals surface area contributed by atoms with Crippen LogP contribution in [0.15, 0.2) is 30.3 Å². The lowest BCUT2D eigenvalue weighted by Crippen LogP contribution is -2.13. The van der Waals surface area contributed by atoms with Gasteiger partial charge < -0.3 is 4.74 Å². The summed E-state index contributed by atoms with van der Waals surface area (Å²) in [6.45, 7) is 1.74. The summed E-state index contributed by atoms with van der Waals surface area (Å²) in [7, 11) is -1.84. The number of fused-ring (bicyclic) bond motifs is 1. The summed E-state index contributed by atoms with van der Waals surface area (Å²) < 4.78 is 43.7. The van der Waals surface area contributed by atoms with Crippen molar-refractivity contribution in [2.75, 3.05) is 18.6 Å². The van der Waals surface area contributed by atoms with Crippen molar-refractivity contribution in [3.8, 4) is 11.3 Å². The van der Waals surface area contributed by atoms with Crippen molar-refractivity contribution in [2.24, 2.45) is 0 Å². The van der Waals surface area contributed by atoms with Gasteiger partial charge in [-0.3, -0.25) is 0 Å². The Labute approximate surface area is 161 Å². The fourth-order valence-corrected chi connectivity index (χ4v) is 5.27. The molecule has 4 rings (SSSR count). The van der Waals surface area contributed by atoms with Crippen molar-refractivity contribution in [1.29, 1.82) is 0 Å². The summed E-state index contributed by atoms with van der Waals surface area (Å²) in [5.41, 5.74) is 2.35. The topological polar surface area (TPSA) is 91.2 Å². The molecule has 1 saturated heterocycles. The number of hydrogen-bond acceptors (Lipinski definition) is 6. The van der Waals surface area contributed by atoms with Gasteiger partial charge in [-0.15, -0.1) is 0 Å². The molecule has 0 aliphatic carbocycles. The number of aromatic nitrogens is 3. The molecule has 1 atom stereocenters. The van der Waals surface area contributed by atoms with Crippen molar-refractivity contribution in [3.63, 3.8) is 0 Å². The smallest absolute Gasteiger partial charge is 0.338 e. The molecule has 0 radical (unpaired) electrons. The average molecular weight is 403 g/mol. The number of nitrogens with zero attached hydrogens (tertiary/aromatic N) is 3. The Morgan fingerprint density at radius 1 is 1.29 bits per heavy atom. The second-order valence-electron chi connectivity index (χ2n) is 6.84. The lowest BCUT2D eigenvalue weighted by molar-refractivity contribution is 0.0603. The highest BCUT2D eigenvalue weighted by Gasteiger charge is 2.32. The van der Waals surface area contributed by atoms with Gasteiger partial charge in [0.25, 0.3) is 0 Å². The summed E-state index contributed by atoms with van der Waals surface area (Å²) in [5, 5.41) is 5.02. The number of sulfone groups is 1. The summed E-state index contributed by atoms with van der Waals surface area (Å²) >= 11 is 0. The Morgan fingerprint density at radius 2 is 2.00 bits per heavy atom. The molecule has 0 amide bonds. The van der Waals surface area contributed by atoms with Crippen LogP contribution in [0.4, 0.5) is 4.39 Å². The van der Waals surface area contributed by atoms with Crippen LogP contribution in [0.5, 0.6) is 0 Å². The molecule has 146 valence electrons. The molecular weight excluding hydrogens is 385 g/mol. The lowest BCUT2D eigenvalue weighted by atomic mass is 10.1. The minimum absolute atomic E-state index is 0.0146. The summed E-state index contributed by atoms with van der Waals surface area (Å²) in [5.74, 6) is -0.841. The molecule has 1 aliphatic rings. The number of ether oxygens (including phenoxy) is 1. The Morgan fingerprint density at radius 3 is 2.61 bits per heavy atom. The Balaban J connectivity index is 1.96. The lowest BCUT2D eigenvalue weighted by Gasteiger charge is -2.11. The van der Waals surface area contributed by atoms with Crippen LogP contribution in [0.3, 0.4) is 0 Å². The molecule has 1 aliphatic heterocycles. The van der Waals surface area contributed by atoms with Gasteiger partial charge in [0.1, 0.15) is 5.82 Å². The van der Waals surface area contributed by atoms with Crippen LogP contribution in [-0.4, -0.2) is 47.8 Å². The average Bonchev–Trinajstić information content (AvgIpc) is 3.20. The maximum absolute atomic E-state index is 13.3. The summed E-state index contributed by atoms with van der Waals surface area (Å²) in [6.07, 6.45) is 0.439. The second-order valence-corrected chi connectivity index (χ2v) is 9.07. The van der Waals surface area contributed by atoms with Crippen LogP contribution in [0, 0.1) is 12.7 Å². The number of esters is 1. The molecule has 2 aromatic heterocycles. The molecule has 1 fully saturated rings. The fraction of sp³-hybridized carbons (Fsp3) is 0.316. The van der Waals surface area contributed by atoms with Gasteiger partial charge in [-0.05, 0) is 43.7 Å². The number of hydrogen-bond donors (Lipinski definition) is 0. The summed E-state index contributed by atoms with van der Waals surface area (Å²) in [4.78, 5) is 17.0. The molecule has 1 aromatic carbocycles. The van der Waals surface area contributed by atoms with Gasteiger partial charge in [-0.2, -0.15) is 5.10 Å². The third-order valence-corrected chi connectivity index (χ3v) is 6.69. The van der Waals surface area contributed by atoms with Crippen LogP contribution < -0.4 is 0 Å². The monoisotopic (exact) mass is 403 g/mol. The van der Waals surface area contributed by atoms with Gasteiger partial charge >= 0.3 is 5.97 Å². The number of benzene rings is 1. The highest BCUT2D eigenvalue weighted by Crippen LogP contribution is 2.32. The van der Waals surface area contributed by atoms with E-state index < -0.39 is 15.8 Å². The van der Waals surface area contributed by atoms with E-state index >= 15 is 0 Å². The molecule has 0 bridgehead atoms. The zero-order valence-electron chi connectivity index (χ0n) is 15.3. The quantitative estimate of drug-likeness (QED) is 0.625. The van der Waals surface area contributed by atoms with Gasteiger partial charge in [0, 0.05) is 5.56 Å². The third-order valence-electron chi connectivity index (χ3n) is 4.94. The van der Waals surface area contributed by atoms with E-state index in [1.807, 2.05) is 0 Å². The van der Waals surface area contributed by atoms with E-state index in [9.17, 15) is 17.6 Å². The van der Waals surface area contributed by atoms with Crippen molar-refractivity contribution < 1.29 is 22.3 Å². The number of carbonyl (C=O) groups excluding carboxylic acids is 1. The van der Waals surface area contributed by atoms with Crippen molar-refractivity contribution in [3.05, 3.63) is 47.4 Å². The highest BCUT2D eigenvalue weighted by atomic mass is 32.2. The molecule has 0 spiro atoms. The van der Waals surface area contributed by atoms with Crippen molar-refractivity contribution in [2.45, 2.75) is 19.4 Å². The van der Waals surface area contributed by atoms with Gasteiger partial charge in [0.15, 0.2) is 15.5 Å². The minimum atomic E-state index is -3.12. The van der Waals surface area contributed by atoms with Gasteiger partial charge in [-0.1, -0.05) is 0 Å². The normalized spacial score (nSPS) is 18.5. The minimum Gasteiger partial charge on any atom is -0.465 e. The first kappa shape index (κ1) is 18.5. The van der Waals surface area contributed by atoms with Crippen LogP contribution >= 0.6 is 0 Å². The first-order chi connectivity index (χ1) is 13.3. The standard InChI is InChI=1S/C19H18FN3O4S/c1-11-17-15(19(24)27-2)9-16(12-3-5-13(20)6-4-12)21-18(17)23(22-11)14-7-8-28(25,26)10-14/h3-6,9,14H,7-8,10H2,1-2H3/t14-/m0/s1. The van der Waals surface area contributed by atoms with E-state index in [-0.39, 0.29) is 28.9 Å². The number of carbonyl (C=O) groups is 1. The van der Waals surface area contributed by atoms with E-state index in [2.05, 4.69) is 10.1 Å². The van der Waals surface area contributed by atoms with Gasteiger partial charge in [0.2, 0.25) is 0 Å². The highest BCUT2D eigenvalue weighted by molar-refractivity contribution is 7.91. The molecular formula is C19H18FN3O4S. The Bertz CT molecular complexity index is 1190. The molecule has 7 nitrogen and oxygen atoms in total. The molecule has 3 heterocycles. The second kappa shape index (κ2) is 6.66. The molecule has 3 aromatic rings. The fourth-order valence-electron chi connectivity index (χ4n) is 3.58. The number of methoxy groups -OCH3 is 1. The third kappa shape index (κ3) is 3.15. The molecule has 0 N–H and O–H groups in total. The Kier molecular flexibility index (Phi) is 4.41. The van der Waals surface area contributed by atoms with Crippen LogP contribution in [0.1, 0.15) is 28.5 Å². The maximum atomic E-state index is 13.3. The number of halogens is 1. The number of aryl methyl sites for hydroxylation is 1. The maximum Gasteiger partial charge on any atom is 0.338 e. The first-order valence-corrected chi connectivity index (χ1v) is 10.6. The van der Waals surface area contributed by atoms with E-state index in [0.29, 0.717) is 34.4 Å². The first-order valence-electron chi connectivity index (χ1n) is 8.73.